The van der Waals surface area contributed by atoms with Gasteiger partial charge in [-0.15, -0.1) is 0 Å². The molecule has 2 atom stereocenters. The largest absolute Gasteiger partial charge is 0.310 e. The Morgan fingerprint density at radius 3 is 2.56 bits per heavy atom. The van der Waals surface area contributed by atoms with E-state index in [0.717, 1.165) is 16.7 Å². The van der Waals surface area contributed by atoms with Gasteiger partial charge < -0.3 is 5.32 Å². The highest BCUT2D eigenvalue weighted by atomic mass is 35.5. The Morgan fingerprint density at radius 2 is 1.88 bits per heavy atom. The normalized spacial score (nSPS) is 21.9. The average molecular weight is 376 g/mol. The van der Waals surface area contributed by atoms with Crippen molar-refractivity contribution in [3.63, 3.8) is 0 Å². The summed E-state index contributed by atoms with van der Waals surface area (Å²) in [5, 5.41) is 4.60. The van der Waals surface area contributed by atoms with Gasteiger partial charge in [0.05, 0.1) is 5.92 Å². The molecule has 0 bridgehead atoms. The second-order valence-corrected chi connectivity index (χ2v) is 7.80. The fourth-order valence-corrected chi connectivity index (χ4v) is 4.14. The van der Waals surface area contributed by atoms with Gasteiger partial charge in [-0.1, -0.05) is 41.4 Å². The topological polar surface area (TPSA) is 46.2 Å². The molecule has 0 amide bonds. The number of hydrogen-bond acceptors (Lipinski definition) is 3. The van der Waals surface area contributed by atoms with Crippen LogP contribution in [0.15, 0.2) is 42.5 Å². The van der Waals surface area contributed by atoms with E-state index < -0.39 is 17.2 Å². The van der Waals surface area contributed by atoms with Gasteiger partial charge in [0.2, 0.25) is 5.78 Å². The van der Waals surface area contributed by atoms with Crippen LogP contribution >= 0.6 is 23.2 Å². The number of hydrogen-bond donors (Lipinski definition) is 1. The van der Waals surface area contributed by atoms with Crippen molar-refractivity contribution in [3.8, 4) is 11.1 Å². The molecular weight excluding hydrogens is 357 g/mol. The second-order valence-electron chi connectivity index (χ2n) is 6.95. The van der Waals surface area contributed by atoms with Crippen LogP contribution in [0.5, 0.6) is 0 Å². The van der Waals surface area contributed by atoms with Crippen LogP contribution in [0.3, 0.4) is 0 Å². The first-order valence-electron chi connectivity index (χ1n) is 8.13. The van der Waals surface area contributed by atoms with Crippen LogP contribution in [0.1, 0.15) is 25.3 Å². The first-order valence-corrected chi connectivity index (χ1v) is 8.88. The minimum atomic E-state index is -0.460. The highest BCUT2D eigenvalue weighted by Gasteiger charge is 2.46. The van der Waals surface area contributed by atoms with E-state index in [2.05, 4.69) is 5.32 Å². The summed E-state index contributed by atoms with van der Waals surface area (Å²) in [5.41, 5.74) is 2.37. The fourth-order valence-electron chi connectivity index (χ4n) is 3.70. The molecule has 0 radical (unpaired) electrons. The zero-order valence-electron chi connectivity index (χ0n) is 14.1. The lowest BCUT2D eigenvalue weighted by Gasteiger charge is -2.28. The minimum Gasteiger partial charge on any atom is -0.310 e. The van der Waals surface area contributed by atoms with Crippen LogP contribution in [0.25, 0.3) is 11.1 Å². The number of nitrogens with one attached hydrogen (secondary N) is 1. The lowest BCUT2D eigenvalue weighted by Crippen LogP contribution is -2.42. The number of benzene rings is 2. The summed E-state index contributed by atoms with van der Waals surface area (Å²) in [5.74, 6) is -0.999. The molecule has 1 aliphatic heterocycles. The van der Waals surface area contributed by atoms with Crippen molar-refractivity contribution in [2.24, 2.45) is 5.92 Å². The van der Waals surface area contributed by atoms with Crippen molar-refractivity contribution in [2.45, 2.75) is 25.3 Å². The molecular formula is C20H19Cl2NO2. The van der Waals surface area contributed by atoms with E-state index >= 15 is 0 Å². The SMILES string of the molecule is CC1(C)NCC(c2cc(-c3cccc(Cl)c3)ccc2Cl)C1C(=O)C=O. The predicted molar refractivity (Wildman–Crippen MR) is 101 cm³/mol. The Kier molecular flexibility index (Phi) is 5.01. The molecule has 0 saturated carbocycles. The fraction of sp³-hybridized carbons (Fsp3) is 0.300. The number of Topliss-reactive ketones (excluding diaryl/α,β-unsaturated/α-hetero) is 1. The molecule has 1 N–H and O–H groups in total. The minimum absolute atomic E-state index is 0.153. The molecule has 1 heterocycles. The summed E-state index contributed by atoms with van der Waals surface area (Å²) in [6.45, 7) is 4.47. The van der Waals surface area contributed by atoms with E-state index in [4.69, 9.17) is 23.2 Å². The van der Waals surface area contributed by atoms with Gasteiger partial charge in [-0.25, -0.2) is 0 Å². The summed E-state index contributed by atoms with van der Waals surface area (Å²) < 4.78 is 0. The van der Waals surface area contributed by atoms with Crippen molar-refractivity contribution in [1.82, 2.24) is 5.32 Å². The van der Waals surface area contributed by atoms with Crippen molar-refractivity contribution < 1.29 is 9.59 Å². The predicted octanol–water partition coefficient (Wildman–Crippen LogP) is 4.51. The van der Waals surface area contributed by atoms with E-state index in [0.29, 0.717) is 22.9 Å². The van der Waals surface area contributed by atoms with Crippen molar-refractivity contribution in [1.29, 1.82) is 0 Å². The maximum atomic E-state index is 12.3. The maximum absolute atomic E-state index is 12.3. The summed E-state index contributed by atoms with van der Waals surface area (Å²) in [6, 6.07) is 13.3. The van der Waals surface area contributed by atoms with E-state index in [9.17, 15) is 9.59 Å². The molecule has 2 aromatic carbocycles. The molecule has 130 valence electrons. The third-order valence-electron chi connectivity index (χ3n) is 4.93. The molecule has 1 fully saturated rings. The second kappa shape index (κ2) is 6.91. The number of carbonyl (C=O) groups is 2. The zero-order valence-corrected chi connectivity index (χ0v) is 15.6. The van der Waals surface area contributed by atoms with Gasteiger partial charge in [0.25, 0.3) is 0 Å². The third kappa shape index (κ3) is 3.50. The smallest absolute Gasteiger partial charge is 0.200 e. The molecule has 2 unspecified atom stereocenters. The Labute approximate surface area is 157 Å². The van der Waals surface area contributed by atoms with Gasteiger partial charge >= 0.3 is 0 Å². The molecule has 5 heteroatoms. The highest BCUT2D eigenvalue weighted by Crippen LogP contribution is 2.42. The molecule has 1 aliphatic rings. The van der Waals surface area contributed by atoms with E-state index in [1.807, 2.05) is 56.3 Å². The number of aldehydes is 1. The Morgan fingerprint density at radius 1 is 1.16 bits per heavy atom. The standard InChI is InChI=1S/C20H19Cl2NO2/c1-20(2)19(18(25)11-24)16(10-23-20)15-9-13(6-7-17(15)22)12-4-3-5-14(21)8-12/h3-9,11,16,19,23H,10H2,1-2H3. The van der Waals surface area contributed by atoms with Crippen LogP contribution in [0.4, 0.5) is 0 Å². The van der Waals surface area contributed by atoms with E-state index in [1.54, 1.807) is 0 Å². The van der Waals surface area contributed by atoms with Gasteiger partial charge in [0.1, 0.15) is 0 Å². The average Bonchev–Trinajstić information content (AvgIpc) is 2.89. The van der Waals surface area contributed by atoms with Gasteiger partial charge in [0, 0.05) is 28.0 Å². The van der Waals surface area contributed by atoms with Gasteiger partial charge in [-0.05, 0) is 54.8 Å². The van der Waals surface area contributed by atoms with Gasteiger partial charge in [-0.3, -0.25) is 9.59 Å². The summed E-state index contributed by atoms with van der Waals surface area (Å²) in [7, 11) is 0. The first-order chi connectivity index (χ1) is 11.8. The van der Waals surface area contributed by atoms with E-state index in [-0.39, 0.29) is 5.92 Å². The number of carbonyl (C=O) groups excluding carboxylic acids is 2. The molecule has 1 saturated heterocycles. The molecule has 0 spiro atoms. The highest BCUT2D eigenvalue weighted by molar-refractivity contribution is 6.32. The summed E-state index contributed by atoms with van der Waals surface area (Å²) >= 11 is 12.5. The summed E-state index contributed by atoms with van der Waals surface area (Å²) in [6.07, 6.45) is 0.418. The van der Waals surface area contributed by atoms with Crippen molar-refractivity contribution >= 4 is 35.3 Å². The molecule has 3 nitrogen and oxygen atoms in total. The Balaban J connectivity index is 2.06. The number of halogens is 2. The Hall–Kier alpha value is -1.68. The Bertz CT molecular complexity index is 832. The monoisotopic (exact) mass is 375 g/mol. The van der Waals surface area contributed by atoms with E-state index in [1.165, 1.54) is 0 Å². The van der Waals surface area contributed by atoms with Crippen LogP contribution in [0.2, 0.25) is 10.0 Å². The lowest BCUT2D eigenvalue weighted by molar-refractivity contribution is -0.133. The molecule has 0 aliphatic carbocycles. The van der Waals surface area contributed by atoms with Gasteiger partial charge in [0.15, 0.2) is 6.29 Å². The first kappa shape index (κ1) is 18.1. The number of ketones is 1. The lowest BCUT2D eigenvalue weighted by atomic mass is 9.76. The van der Waals surface area contributed by atoms with Gasteiger partial charge in [-0.2, -0.15) is 0 Å². The third-order valence-corrected chi connectivity index (χ3v) is 5.51. The summed E-state index contributed by atoms with van der Waals surface area (Å²) in [4.78, 5) is 23.4. The maximum Gasteiger partial charge on any atom is 0.200 e. The van der Waals surface area contributed by atoms with Crippen LogP contribution < -0.4 is 5.32 Å². The molecule has 2 aromatic rings. The molecule has 25 heavy (non-hydrogen) atoms. The van der Waals surface area contributed by atoms with Crippen molar-refractivity contribution in [2.75, 3.05) is 6.54 Å². The number of rotatable bonds is 4. The molecule has 3 rings (SSSR count). The van der Waals surface area contributed by atoms with Crippen molar-refractivity contribution in [3.05, 3.63) is 58.1 Å². The molecule has 0 aromatic heterocycles. The zero-order chi connectivity index (χ0) is 18.2. The quantitative estimate of drug-likeness (QED) is 0.631. The van der Waals surface area contributed by atoms with Crippen LogP contribution in [0, 0.1) is 5.92 Å². The van der Waals surface area contributed by atoms with Crippen LogP contribution in [-0.2, 0) is 9.59 Å². The van der Waals surface area contributed by atoms with Crippen LogP contribution in [-0.4, -0.2) is 24.2 Å².